The van der Waals surface area contributed by atoms with Gasteiger partial charge in [-0.05, 0) is 6.92 Å². The van der Waals surface area contributed by atoms with Crippen LogP contribution in [0.4, 0.5) is 0 Å². The van der Waals surface area contributed by atoms with Crippen LogP contribution < -0.4 is 0 Å². The standard InChI is InChI=1S/C11H16N3/c1-8-10(11(2,3)4)13-9-5-6-12-7-14(8)9/h5-7,9H,1-4H3/q+1. The molecule has 0 amide bonds. The first kappa shape index (κ1) is 9.31. The molecule has 0 aromatic heterocycles. The van der Waals surface area contributed by atoms with Crippen LogP contribution in [0.2, 0.25) is 0 Å². The van der Waals surface area contributed by atoms with Crippen LogP contribution in [0, 0.1) is 5.41 Å². The Kier molecular flexibility index (Phi) is 1.91. The number of aliphatic imine (C=N–C) groups is 2. The summed E-state index contributed by atoms with van der Waals surface area (Å²) >= 11 is 0. The van der Waals surface area contributed by atoms with E-state index in [0.29, 0.717) is 0 Å². The van der Waals surface area contributed by atoms with Crippen LogP contribution in [-0.4, -0.2) is 28.5 Å². The quantitative estimate of drug-likeness (QED) is 0.521. The van der Waals surface area contributed by atoms with Crippen molar-refractivity contribution in [2.24, 2.45) is 15.4 Å². The highest BCUT2D eigenvalue weighted by Crippen LogP contribution is 2.23. The Morgan fingerprint density at radius 2 is 2.07 bits per heavy atom. The normalized spacial score (nSPS) is 25.4. The summed E-state index contributed by atoms with van der Waals surface area (Å²) < 4.78 is 2.11. The van der Waals surface area contributed by atoms with E-state index in [1.54, 1.807) is 0 Å². The van der Waals surface area contributed by atoms with Crippen molar-refractivity contribution in [3.63, 3.8) is 0 Å². The van der Waals surface area contributed by atoms with Crippen molar-refractivity contribution in [1.82, 2.24) is 0 Å². The fraction of sp³-hybridized carbons (Fsp3) is 0.545. The van der Waals surface area contributed by atoms with Crippen molar-refractivity contribution in [3.05, 3.63) is 12.3 Å². The smallest absolute Gasteiger partial charge is 0.235 e. The zero-order valence-corrected chi connectivity index (χ0v) is 9.15. The predicted molar refractivity (Wildman–Crippen MR) is 59.3 cm³/mol. The molecule has 1 atom stereocenters. The van der Waals surface area contributed by atoms with E-state index >= 15 is 0 Å². The van der Waals surface area contributed by atoms with E-state index in [0.717, 1.165) is 0 Å². The molecule has 2 rings (SSSR count). The van der Waals surface area contributed by atoms with Gasteiger partial charge in [0.05, 0.1) is 5.71 Å². The van der Waals surface area contributed by atoms with Crippen molar-refractivity contribution < 1.29 is 4.58 Å². The first-order valence-corrected chi connectivity index (χ1v) is 4.90. The van der Waals surface area contributed by atoms with Gasteiger partial charge in [0.1, 0.15) is 11.9 Å². The molecule has 0 N–H and O–H groups in total. The van der Waals surface area contributed by atoms with Gasteiger partial charge in [0.25, 0.3) is 6.34 Å². The first-order valence-electron chi connectivity index (χ1n) is 4.90. The maximum Gasteiger partial charge on any atom is 0.288 e. The van der Waals surface area contributed by atoms with E-state index < -0.39 is 0 Å². The monoisotopic (exact) mass is 190 g/mol. The van der Waals surface area contributed by atoms with Crippen LogP contribution in [0.1, 0.15) is 27.7 Å². The summed E-state index contributed by atoms with van der Waals surface area (Å²) in [5.41, 5.74) is 2.51. The maximum absolute atomic E-state index is 4.69. The Morgan fingerprint density at radius 3 is 2.64 bits per heavy atom. The first-order chi connectivity index (χ1) is 6.50. The number of rotatable bonds is 0. The lowest BCUT2D eigenvalue weighted by atomic mass is 9.87. The summed E-state index contributed by atoms with van der Waals surface area (Å²) in [6, 6.07) is 0. The van der Waals surface area contributed by atoms with Crippen molar-refractivity contribution in [1.29, 1.82) is 0 Å². The number of hydrogen-bond donors (Lipinski definition) is 0. The Balaban J connectivity index is 2.45. The zero-order chi connectivity index (χ0) is 10.3. The minimum Gasteiger partial charge on any atom is -0.235 e. The van der Waals surface area contributed by atoms with Gasteiger partial charge in [-0.15, -0.1) is 0 Å². The summed E-state index contributed by atoms with van der Waals surface area (Å²) in [4.78, 5) is 8.80. The Hall–Kier alpha value is -1.25. The molecule has 1 unspecified atom stereocenters. The topological polar surface area (TPSA) is 27.7 Å². The van der Waals surface area contributed by atoms with Gasteiger partial charge in [-0.1, -0.05) is 25.8 Å². The third-order valence-electron chi connectivity index (χ3n) is 2.52. The lowest BCUT2D eigenvalue weighted by Gasteiger charge is -2.17. The van der Waals surface area contributed by atoms with E-state index in [9.17, 15) is 0 Å². The Bertz CT molecular complexity index is 378. The maximum atomic E-state index is 4.69. The van der Waals surface area contributed by atoms with Crippen LogP contribution in [0.15, 0.2) is 22.3 Å². The van der Waals surface area contributed by atoms with Crippen LogP contribution in [-0.2, 0) is 0 Å². The van der Waals surface area contributed by atoms with Gasteiger partial charge in [0.2, 0.25) is 6.17 Å². The van der Waals surface area contributed by atoms with Gasteiger partial charge in [0.15, 0.2) is 0 Å². The fourth-order valence-corrected chi connectivity index (χ4v) is 1.87. The lowest BCUT2D eigenvalue weighted by molar-refractivity contribution is -0.424. The van der Waals surface area contributed by atoms with Crippen LogP contribution >= 0.6 is 0 Å². The lowest BCUT2D eigenvalue weighted by Crippen LogP contribution is -2.29. The van der Waals surface area contributed by atoms with E-state index in [1.165, 1.54) is 11.4 Å². The second-order valence-corrected chi connectivity index (χ2v) is 4.74. The number of nitrogens with zero attached hydrogens (tertiary/aromatic N) is 3. The molecule has 0 aromatic carbocycles. The van der Waals surface area contributed by atoms with Gasteiger partial charge < -0.3 is 0 Å². The third-order valence-corrected chi connectivity index (χ3v) is 2.52. The predicted octanol–water partition coefficient (Wildman–Crippen LogP) is 1.84. The average molecular weight is 190 g/mol. The van der Waals surface area contributed by atoms with Gasteiger partial charge in [0, 0.05) is 11.5 Å². The van der Waals surface area contributed by atoms with Crippen molar-refractivity contribution >= 4 is 17.8 Å². The van der Waals surface area contributed by atoms with Crippen LogP contribution in [0.5, 0.6) is 0 Å². The van der Waals surface area contributed by atoms with Crippen molar-refractivity contribution in [3.8, 4) is 0 Å². The summed E-state index contributed by atoms with van der Waals surface area (Å²) in [7, 11) is 0. The molecule has 0 radical (unpaired) electrons. The molecule has 2 aliphatic rings. The van der Waals surface area contributed by atoms with Crippen molar-refractivity contribution in [2.45, 2.75) is 33.9 Å². The molecule has 14 heavy (non-hydrogen) atoms. The van der Waals surface area contributed by atoms with E-state index in [-0.39, 0.29) is 11.6 Å². The summed E-state index contributed by atoms with van der Waals surface area (Å²) in [5, 5.41) is 0. The Labute approximate surface area is 84.6 Å². The van der Waals surface area contributed by atoms with E-state index in [1.807, 2.05) is 18.6 Å². The molecular weight excluding hydrogens is 174 g/mol. The third kappa shape index (κ3) is 1.33. The van der Waals surface area contributed by atoms with Crippen LogP contribution in [0.25, 0.3) is 0 Å². The minimum atomic E-state index is 0.114. The number of hydrogen-bond acceptors (Lipinski definition) is 2. The SMILES string of the molecule is CC1=[N+]2C=NC=CC2N=C1C(C)(C)C. The van der Waals surface area contributed by atoms with E-state index in [4.69, 9.17) is 0 Å². The highest BCUT2D eigenvalue weighted by Gasteiger charge is 2.34. The Morgan fingerprint density at radius 1 is 1.36 bits per heavy atom. The molecule has 0 aromatic rings. The average Bonchev–Trinajstić information content (AvgIpc) is 2.44. The highest BCUT2D eigenvalue weighted by atomic mass is 15.2. The van der Waals surface area contributed by atoms with Gasteiger partial charge in [-0.3, -0.25) is 0 Å². The molecule has 0 fully saturated rings. The molecular formula is C11H16N3+. The molecule has 0 spiro atoms. The van der Waals surface area contributed by atoms with E-state index in [2.05, 4.69) is 42.3 Å². The van der Waals surface area contributed by atoms with Crippen LogP contribution in [0.3, 0.4) is 0 Å². The van der Waals surface area contributed by atoms with Gasteiger partial charge in [-0.2, -0.15) is 0 Å². The fourth-order valence-electron chi connectivity index (χ4n) is 1.87. The number of fused-ring (bicyclic) bond motifs is 1. The zero-order valence-electron chi connectivity index (χ0n) is 9.15. The molecule has 0 saturated heterocycles. The molecule has 0 saturated carbocycles. The van der Waals surface area contributed by atoms with Gasteiger partial charge >= 0.3 is 0 Å². The second-order valence-electron chi connectivity index (χ2n) is 4.74. The molecule has 0 aliphatic carbocycles. The molecule has 2 heterocycles. The van der Waals surface area contributed by atoms with Gasteiger partial charge in [-0.25, -0.2) is 9.57 Å². The van der Waals surface area contributed by atoms with Crippen molar-refractivity contribution in [2.75, 3.05) is 0 Å². The minimum absolute atomic E-state index is 0.114. The molecule has 3 nitrogen and oxygen atoms in total. The molecule has 74 valence electrons. The highest BCUT2D eigenvalue weighted by molar-refractivity contribution is 6.42. The summed E-state index contributed by atoms with van der Waals surface area (Å²) in [5.74, 6) is 0. The molecule has 3 heteroatoms. The summed E-state index contributed by atoms with van der Waals surface area (Å²) in [6.45, 7) is 8.67. The largest absolute Gasteiger partial charge is 0.288 e. The molecule has 2 aliphatic heterocycles. The summed E-state index contributed by atoms with van der Waals surface area (Å²) in [6.07, 6.45) is 5.82. The second kappa shape index (κ2) is 2.87. The molecule has 0 bridgehead atoms.